The van der Waals surface area contributed by atoms with Crippen molar-refractivity contribution in [2.75, 3.05) is 0 Å². The number of hydrogen-bond acceptors (Lipinski definition) is 5. The van der Waals surface area contributed by atoms with Gasteiger partial charge in [-0.3, -0.25) is 9.55 Å². The van der Waals surface area contributed by atoms with Crippen molar-refractivity contribution in [3.8, 4) is 0 Å². The molecule has 110 valence electrons. The Hall–Kier alpha value is -1.09. The highest BCUT2D eigenvalue weighted by Gasteiger charge is 2.54. The van der Waals surface area contributed by atoms with Crippen LogP contribution >= 0.6 is 12.2 Å². The maximum absolute atomic E-state index is 13.6. The van der Waals surface area contributed by atoms with E-state index in [-0.39, 0.29) is 16.8 Å². The fraction of sp³-hybridized carbons (Fsp3) is 0.667. The van der Waals surface area contributed by atoms with Gasteiger partial charge in [-0.1, -0.05) is 12.2 Å². The molecule has 0 aromatic carbocycles. The molecule has 6 nitrogen and oxygen atoms in total. The first kappa shape index (κ1) is 13.9. The molecular weight excluding hydrogens is 290 g/mol. The van der Waals surface area contributed by atoms with Crippen molar-refractivity contribution in [1.82, 2.24) is 9.55 Å². The van der Waals surface area contributed by atoms with Crippen LogP contribution in [0.1, 0.15) is 27.0 Å². The molecule has 3 heterocycles. The lowest BCUT2D eigenvalue weighted by atomic mass is 10.1. The molecule has 20 heavy (non-hydrogen) atoms. The van der Waals surface area contributed by atoms with Crippen LogP contribution in [0.5, 0.6) is 0 Å². The monoisotopic (exact) mass is 305 g/mol. The number of aromatic nitrogens is 2. The summed E-state index contributed by atoms with van der Waals surface area (Å²) in [7, 11) is 0. The van der Waals surface area contributed by atoms with E-state index < -0.39 is 29.6 Å². The zero-order chi connectivity index (χ0) is 14.7. The zero-order valence-electron chi connectivity index (χ0n) is 11.3. The summed E-state index contributed by atoms with van der Waals surface area (Å²) in [5.74, 6) is -1.44. The lowest BCUT2D eigenvalue weighted by molar-refractivity contribution is -0.195. The van der Waals surface area contributed by atoms with Gasteiger partial charge in [0.2, 0.25) is 0 Å². The second kappa shape index (κ2) is 4.45. The van der Waals surface area contributed by atoms with Crippen LogP contribution in [-0.4, -0.2) is 33.7 Å². The molecule has 0 aliphatic carbocycles. The lowest BCUT2D eigenvalue weighted by Crippen LogP contribution is -2.35. The van der Waals surface area contributed by atoms with E-state index in [0.29, 0.717) is 0 Å². The quantitative estimate of drug-likeness (QED) is 0.796. The van der Waals surface area contributed by atoms with Crippen LogP contribution in [0.25, 0.3) is 0 Å². The number of nitrogens with zero attached hydrogens (tertiary/aromatic N) is 1. The smallest absolute Gasteiger partial charge is 0.328 e. The van der Waals surface area contributed by atoms with E-state index in [4.69, 9.17) is 14.2 Å². The van der Waals surface area contributed by atoms with Gasteiger partial charge in [-0.25, -0.2) is 9.18 Å². The number of rotatable bonds is 1. The molecule has 2 fully saturated rings. The molecule has 2 aliphatic heterocycles. The Morgan fingerprint density at radius 2 is 2.05 bits per heavy atom. The van der Waals surface area contributed by atoms with Gasteiger partial charge >= 0.3 is 5.69 Å². The lowest BCUT2D eigenvalue weighted by Gasteiger charge is -2.23. The van der Waals surface area contributed by atoms with E-state index in [0.717, 1.165) is 10.8 Å². The minimum absolute atomic E-state index is 0.224. The highest BCUT2D eigenvalue weighted by atomic mass is 32.1. The Bertz CT molecular complexity index is 656. The second-order valence-electron chi connectivity index (χ2n) is 5.44. The number of halogens is 1. The standard InChI is InChI=1S/C12H15FN2O4S/c1-5-7-8(19-12(2,3)18-7)10(17-5)15-4-6(13)9(20)14-11(15)16/h4-5,7-8,10H,1-3H3,(H,14,16,20)/t5-,7?,8+,10-/m0/s1/i11+1,14+1,15+1. The first-order valence-corrected chi connectivity index (χ1v) is 6.71. The van der Waals surface area contributed by atoms with E-state index in [9.17, 15) is 9.18 Å². The first-order chi connectivity index (χ1) is 9.28. The van der Waals surface area contributed by atoms with E-state index in [2.05, 4.69) is 17.2 Å². The highest BCUT2D eigenvalue weighted by molar-refractivity contribution is 7.71. The molecule has 1 N–H and O–H groups in total. The fourth-order valence-electron chi connectivity index (χ4n) is 2.65. The van der Waals surface area contributed by atoms with Crippen molar-refractivity contribution >= 4 is 12.2 Å². The Balaban J connectivity index is 2.01. The Kier molecular flexibility index (Phi) is 3.09. The average molecular weight is 305 g/mol. The molecule has 2 saturated heterocycles. The molecule has 0 spiro atoms. The number of H-pyrrole nitrogens is 1. The molecule has 0 amide bonds. The molecule has 3 rings (SSSR count). The summed E-state index contributed by atoms with van der Waals surface area (Å²) >= 11 is 4.69. The third-order valence-electron chi connectivity index (χ3n) is 3.46. The normalized spacial score (nSPS) is 35.2. The maximum Gasteiger partial charge on any atom is 0.328 e. The summed E-state index contributed by atoms with van der Waals surface area (Å²) < 4.78 is 31.7. The van der Waals surface area contributed by atoms with Gasteiger partial charge < -0.3 is 14.2 Å². The number of ether oxygens (including phenoxy) is 3. The molecule has 2 aliphatic rings. The number of aromatic amines is 1. The van der Waals surface area contributed by atoms with Crippen LogP contribution in [0.15, 0.2) is 11.0 Å². The molecule has 4 atom stereocenters. The summed E-state index contributed by atoms with van der Waals surface area (Å²) in [6.07, 6.45) is -0.736. The van der Waals surface area contributed by atoms with Gasteiger partial charge in [0, 0.05) is 0 Å². The molecule has 1 aromatic heterocycles. The van der Waals surface area contributed by atoms with Gasteiger partial charge in [0.15, 0.2) is 17.8 Å². The molecule has 0 saturated carbocycles. The molecular formula is C12H15FN2O4S. The Morgan fingerprint density at radius 3 is 2.75 bits per heavy atom. The van der Waals surface area contributed by atoms with Gasteiger partial charge in [-0.05, 0) is 20.8 Å². The molecule has 1 unspecified atom stereocenters. The van der Waals surface area contributed by atoms with E-state index in [1.165, 1.54) is 0 Å². The number of hydrogen-bond donors (Lipinski definition) is 1. The largest absolute Gasteiger partial charge is 0.349 e. The van der Waals surface area contributed by atoms with Gasteiger partial charge in [-0.2, -0.15) is 0 Å². The van der Waals surface area contributed by atoms with E-state index in [1.807, 2.05) is 6.92 Å². The van der Waals surface area contributed by atoms with Crippen LogP contribution in [0, 0.1) is 10.5 Å². The number of fused-ring (bicyclic) bond motifs is 1. The third-order valence-corrected chi connectivity index (χ3v) is 3.76. The van der Waals surface area contributed by atoms with Crippen molar-refractivity contribution in [2.24, 2.45) is 0 Å². The second-order valence-corrected chi connectivity index (χ2v) is 5.85. The van der Waals surface area contributed by atoms with Gasteiger partial charge in [0.05, 0.1) is 12.3 Å². The zero-order valence-corrected chi connectivity index (χ0v) is 12.1. The van der Waals surface area contributed by atoms with Crippen LogP contribution in [-0.2, 0) is 14.2 Å². The summed E-state index contributed by atoms with van der Waals surface area (Å²) in [5.41, 5.74) is -0.539. The van der Waals surface area contributed by atoms with E-state index in [1.54, 1.807) is 13.8 Å². The highest BCUT2D eigenvalue weighted by Crippen LogP contribution is 2.42. The molecule has 1 aromatic rings. The summed E-state index contributed by atoms with van der Waals surface area (Å²) in [5, 5.41) is 0. The summed E-state index contributed by atoms with van der Waals surface area (Å²) in [4.78, 5) is 14.2. The predicted molar refractivity (Wildman–Crippen MR) is 69.3 cm³/mol. The van der Waals surface area contributed by atoms with Crippen LogP contribution in [0.3, 0.4) is 0 Å². The van der Waals surface area contributed by atoms with Crippen molar-refractivity contribution < 1.29 is 18.6 Å². The van der Waals surface area contributed by atoms with Crippen molar-refractivity contribution in [2.45, 2.75) is 51.1 Å². The maximum atomic E-state index is 13.6. The molecule has 0 radical (unpaired) electrons. The minimum Gasteiger partial charge on any atom is -0.349 e. The third kappa shape index (κ3) is 2.12. The Labute approximate surface area is 119 Å². The fourth-order valence-corrected chi connectivity index (χ4v) is 2.79. The predicted octanol–water partition coefficient (Wildman–Crippen LogP) is 1.48. The minimum atomic E-state index is -0.755. The molecule has 0 bridgehead atoms. The van der Waals surface area contributed by atoms with Crippen LogP contribution in [0.2, 0.25) is 0 Å². The SMILES string of the molecule is C[C@@H]1O[C@H]([15n]2cc(F)c(=S)[15nH][13c]2=O)[C@@H]2OC(C)(C)OC12. The summed E-state index contributed by atoms with van der Waals surface area (Å²) in [6, 6.07) is 0. The van der Waals surface area contributed by atoms with Crippen molar-refractivity contribution in [3.63, 3.8) is 0 Å². The summed E-state index contributed by atoms with van der Waals surface area (Å²) in [6.45, 7) is 5.41. The first-order valence-electron chi connectivity index (χ1n) is 6.30. The van der Waals surface area contributed by atoms with Crippen LogP contribution < -0.4 is 5.69 Å². The number of nitrogens with one attached hydrogen (secondary N) is 1. The van der Waals surface area contributed by atoms with Crippen molar-refractivity contribution in [1.29, 1.82) is 0 Å². The van der Waals surface area contributed by atoms with Gasteiger partial charge in [-0.15, -0.1) is 0 Å². The molecule has 8 heteroatoms. The van der Waals surface area contributed by atoms with Crippen molar-refractivity contribution in [3.05, 3.63) is 27.1 Å². The Morgan fingerprint density at radius 1 is 1.40 bits per heavy atom. The van der Waals surface area contributed by atoms with Gasteiger partial charge in [0.25, 0.3) is 0 Å². The topological polar surface area (TPSA) is 65.5 Å². The van der Waals surface area contributed by atoms with Gasteiger partial charge in [0.1, 0.15) is 16.8 Å². The van der Waals surface area contributed by atoms with E-state index >= 15 is 0 Å². The average Bonchev–Trinajstić information content (AvgIpc) is 2.80. The van der Waals surface area contributed by atoms with Crippen LogP contribution in [0.4, 0.5) is 4.39 Å².